The molecule has 0 atom stereocenters. The summed E-state index contributed by atoms with van der Waals surface area (Å²) >= 11 is 0. The molecule has 5 rings (SSSR count). The summed E-state index contributed by atoms with van der Waals surface area (Å²) in [7, 11) is 0. The molecule has 1 fully saturated rings. The van der Waals surface area contributed by atoms with Gasteiger partial charge in [0.15, 0.2) is 0 Å². The average Bonchev–Trinajstić information content (AvgIpc) is 2.95. The number of carbonyl (C=O) groups is 1. The second-order valence-corrected chi connectivity index (χ2v) is 10.2. The fourth-order valence-electron chi connectivity index (χ4n) is 5.05. The van der Waals surface area contributed by atoms with Gasteiger partial charge in [-0.1, -0.05) is 19.1 Å². The largest absolute Gasteiger partial charge is 0.438 e. The van der Waals surface area contributed by atoms with Gasteiger partial charge in [0.2, 0.25) is 5.88 Å². The van der Waals surface area contributed by atoms with Crippen molar-refractivity contribution in [2.45, 2.75) is 39.4 Å². The van der Waals surface area contributed by atoms with Crippen molar-refractivity contribution >= 4 is 17.4 Å². The summed E-state index contributed by atoms with van der Waals surface area (Å²) in [5.74, 6) is 1.05. The molecule has 2 aliphatic rings. The maximum absolute atomic E-state index is 14.0. The average molecular weight is 555 g/mol. The van der Waals surface area contributed by atoms with Gasteiger partial charge in [0.1, 0.15) is 17.9 Å². The Morgan fingerprint density at radius 1 is 1.07 bits per heavy atom. The number of likely N-dealkylation sites (N-methyl/N-ethyl adjacent to an activating group) is 1. The fourth-order valence-corrected chi connectivity index (χ4v) is 5.05. The van der Waals surface area contributed by atoms with Crippen molar-refractivity contribution in [3.63, 3.8) is 0 Å². The Labute approximate surface area is 231 Å². The first-order valence-electron chi connectivity index (χ1n) is 13.5. The van der Waals surface area contributed by atoms with Crippen molar-refractivity contribution in [3.8, 4) is 11.6 Å². The van der Waals surface area contributed by atoms with Crippen LogP contribution in [-0.2, 0) is 19.1 Å². The molecule has 8 nitrogen and oxygen atoms in total. The Balaban J connectivity index is 1.32. The molecule has 1 aromatic heterocycles. The molecule has 2 aromatic carbocycles. The fraction of sp³-hybridized carbons (Fsp3) is 0.414. The third kappa shape index (κ3) is 6.37. The molecule has 11 heteroatoms. The van der Waals surface area contributed by atoms with Crippen LogP contribution in [0.4, 0.5) is 24.7 Å². The maximum atomic E-state index is 14.0. The molecule has 1 saturated heterocycles. The zero-order chi connectivity index (χ0) is 28.3. The van der Waals surface area contributed by atoms with Gasteiger partial charge in [-0.15, -0.1) is 0 Å². The number of aryl methyl sites for hydroxylation is 1. The Bertz CT molecular complexity index is 1370. The molecule has 0 saturated carbocycles. The van der Waals surface area contributed by atoms with Gasteiger partial charge in [-0.2, -0.15) is 13.2 Å². The number of alkyl halides is 3. The van der Waals surface area contributed by atoms with Crippen LogP contribution in [0.2, 0.25) is 0 Å². The molecule has 0 unspecified atom stereocenters. The van der Waals surface area contributed by atoms with Gasteiger partial charge in [-0.25, -0.2) is 9.97 Å². The van der Waals surface area contributed by atoms with Crippen molar-refractivity contribution in [2.75, 3.05) is 49.9 Å². The van der Waals surface area contributed by atoms with Crippen LogP contribution >= 0.6 is 0 Å². The van der Waals surface area contributed by atoms with Crippen LogP contribution < -0.4 is 15.4 Å². The number of amides is 1. The molecule has 2 aliphatic heterocycles. The standard InChI is InChI=1S/C29H33F3N6O2/c1-3-37-11-13-38(14-12-37)17-21-8-9-22(16-24(21)29(30,31)32)36-27(39)20-7-6-19(2)25(15-20)40-28-23-5-4-10-33-26(23)34-18-35-28/h6-9,15-16,18H,3-5,10-14,17H2,1-2H3,(H,36,39)(H,33,34,35). The van der Waals surface area contributed by atoms with Crippen LogP contribution in [0.5, 0.6) is 11.6 Å². The summed E-state index contributed by atoms with van der Waals surface area (Å²) in [4.78, 5) is 25.9. The summed E-state index contributed by atoms with van der Waals surface area (Å²) in [6, 6.07) is 8.92. The minimum Gasteiger partial charge on any atom is -0.438 e. The van der Waals surface area contributed by atoms with Crippen LogP contribution in [0, 0.1) is 6.92 Å². The number of piperazine rings is 1. The van der Waals surface area contributed by atoms with Gasteiger partial charge < -0.3 is 20.3 Å². The van der Waals surface area contributed by atoms with Crippen molar-refractivity contribution < 1.29 is 22.7 Å². The van der Waals surface area contributed by atoms with E-state index in [2.05, 4.69) is 32.4 Å². The van der Waals surface area contributed by atoms with Gasteiger partial charge in [-0.05, 0) is 61.7 Å². The smallest absolute Gasteiger partial charge is 0.416 e. The minimum absolute atomic E-state index is 0.0795. The predicted octanol–water partition coefficient (Wildman–Crippen LogP) is 5.34. The summed E-state index contributed by atoms with van der Waals surface area (Å²) in [5, 5.41) is 5.85. The van der Waals surface area contributed by atoms with Gasteiger partial charge in [0, 0.05) is 50.5 Å². The van der Waals surface area contributed by atoms with E-state index in [1.807, 2.05) is 11.8 Å². The molecule has 40 heavy (non-hydrogen) atoms. The number of halogens is 3. The van der Waals surface area contributed by atoms with Gasteiger partial charge in [0.25, 0.3) is 5.91 Å². The Kier molecular flexibility index (Phi) is 8.22. The molecule has 2 N–H and O–H groups in total. The highest BCUT2D eigenvalue weighted by molar-refractivity contribution is 6.04. The lowest BCUT2D eigenvalue weighted by molar-refractivity contribution is -0.138. The second-order valence-electron chi connectivity index (χ2n) is 10.2. The number of benzene rings is 2. The third-order valence-corrected chi connectivity index (χ3v) is 7.44. The zero-order valence-corrected chi connectivity index (χ0v) is 22.6. The summed E-state index contributed by atoms with van der Waals surface area (Å²) in [6.07, 6.45) is -1.43. The zero-order valence-electron chi connectivity index (χ0n) is 22.6. The van der Waals surface area contributed by atoms with E-state index in [1.165, 1.54) is 18.5 Å². The van der Waals surface area contributed by atoms with Crippen LogP contribution in [0.3, 0.4) is 0 Å². The monoisotopic (exact) mass is 554 g/mol. The lowest BCUT2D eigenvalue weighted by Crippen LogP contribution is -2.45. The molecule has 3 heterocycles. The lowest BCUT2D eigenvalue weighted by Gasteiger charge is -2.34. The minimum atomic E-state index is -4.54. The van der Waals surface area contributed by atoms with Gasteiger partial charge in [-0.3, -0.25) is 9.69 Å². The number of anilines is 2. The number of hydrogen-bond donors (Lipinski definition) is 2. The molecule has 3 aromatic rings. The number of hydrogen-bond acceptors (Lipinski definition) is 7. The summed E-state index contributed by atoms with van der Waals surface area (Å²) < 4.78 is 48.1. The maximum Gasteiger partial charge on any atom is 0.416 e. The number of nitrogens with one attached hydrogen (secondary N) is 2. The van der Waals surface area contributed by atoms with E-state index in [1.54, 1.807) is 18.2 Å². The quantitative estimate of drug-likeness (QED) is 0.408. The highest BCUT2D eigenvalue weighted by Gasteiger charge is 2.34. The lowest BCUT2D eigenvalue weighted by atomic mass is 10.0. The van der Waals surface area contributed by atoms with Crippen LogP contribution in [0.1, 0.15) is 46.0 Å². The van der Waals surface area contributed by atoms with Gasteiger partial charge in [0.05, 0.1) is 11.1 Å². The molecular weight excluding hydrogens is 521 g/mol. The topological polar surface area (TPSA) is 82.6 Å². The van der Waals surface area contributed by atoms with Crippen molar-refractivity contribution in [2.24, 2.45) is 0 Å². The van der Waals surface area contributed by atoms with Crippen molar-refractivity contribution in [1.29, 1.82) is 0 Å². The number of aromatic nitrogens is 2. The number of ether oxygens (including phenoxy) is 1. The highest BCUT2D eigenvalue weighted by atomic mass is 19.4. The SMILES string of the molecule is CCN1CCN(Cc2ccc(NC(=O)c3ccc(C)c(Oc4ncnc5c4CCCN5)c3)cc2C(F)(F)F)CC1. The Morgan fingerprint density at radius 2 is 1.85 bits per heavy atom. The molecule has 0 spiro atoms. The molecule has 0 aliphatic carbocycles. The number of nitrogens with zero attached hydrogens (tertiary/aromatic N) is 4. The molecular formula is C29H33F3N6O2. The van der Waals surface area contributed by atoms with E-state index in [9.17, 15) is 18.0 Å². The van der Waals surface area contributed by atoms with E-state index in [0.29, 0.717) is 11.6 Å². The normalized spacial score (nSPS) is 16.2. The van der Waals surface area contributed by atoms with E-state index < -0.39 is 17.6 Å². The van der Waals surface area contributed by atoms with Crippen molar-refractivity contribution in [1.82, 2.24) is 19.8 Å². The molecule has 0 bridgehead atoms. The van der Waals surface area contributed by atoms with E-state index in [-0.39, 0.29) is 23.4 Å². The third-order valence-electron chi connectivity index (χ3n) is 7.44. The summed E-state index contributed by atoms with van der Waals surface area (Å²) in [5.41, 5.74) is 1.46. The van der Waals surface area contributed by atoms with E-state index in [0.717, 1.165) is 75.1 Å². The summed E-state index contributed by atoms with van der Waals surface area (Å²) in [6.45, 7) is 9.01. The predicted molar refractivity (Wildman–Crippen MR) is 147 cm³/mol. The molecule has 212 valence electrons. The van der Waals surface area contributed by atoms with Gasteiger partial charge >= 0.3 is 6.18 Å². The number of carbonyl (C=O) groups excluding carboxylic acids is 1. The first kappa shape index (κ1) is 27.9. The van der Waals surface area contributed by atoms with Crippen LogP contribution in [-0.4, -0.2) is 64.9 Å². The molecule has 0 radical (unpaired) electrons. The Hall–Kier alpha value is -3.70. The molecule has 1 amide bonds. The van der Waals surface area contributed by atoms with Crippen LogP contribution in [0.25, 0.3) is 0 Å². The van der Waals surface area contributed by atoms with Crippen LogP contribution in [0.15, 0.2) is 42.7 Å². The second kappa shape index (κ2) is 11.8. The first-order valence-corrected chi connectivity index (χ1v) is 13.5. The Morgan fingerprint density at radius 3 is 2.60 bits per heavy atom. The van der Waals surface area contributed by atoms with Crippen molar-refractivity contribution in [3.05, 3.63) is 70.5 Å². The number of rotatable bonds is 7. The van der Waals surface area contributed by atoms with E-state index >= 15 is 0 Å². The van der Waals surface area contributed by atoms with E-state index in [4.69, 9.17) is 4.74 Å². The highest BCUT2D eigenvalue weighted by Crippen LogP contribution is 2.35. The first-order chi connectivity index (χ1) is 19.2. The number of fused-ring (bicyclic) bond motifs is 1.